The molecule has 0 radical (unpaired) electrons. The number of nitrogens with one attached hydrogen (secondary N) is 1. The number of rotatable bonds is 8. The lowest BCUT2D eigenvalue weighted by atomic mass is 10.1. The number of hydrogen-bond donors (Lipinski definition) is 4. The van der Waals surface area contributed by atoms with E-state index in [1.807, 2.05) is 6.92 Å². The van der Waals surface area contributed by atoms with E-state index in [0.717, 1.165) is 6.42 Å². The van der Waals surface area contributed by atoms with Crippen LogP contribution in [0.5, 0.6) is 0 Å². The van der Waals surface area contributed by atoms with Crippen molar-refractivity contribution in [3.05, 3.63) is 0 Å². The van der Waals surface area contributed by atoms with Gasteiger partial charge in [0.05, 0.1) is 12.5 Å². The Kier molecular flexibility index (Phi) is 6.88. The SMILES string of the molecule is CCCC[C@H](NC(=O)[C@@H](N)CC(=O)O)C(=O)O. The number of carbonyl (C=O) groups excluding carboxylic acids is 1. The van der Waals surface area contributed by atoms with E-state index in [1.165, 1.54) is 0 Å². The molecule has 0 aromatic carbocycles. The highest BCUT2D eigenvalue weighted by Gasteiger charge is 2.23. The van der Waals surface area contributed by atoms with Crippen molar-refractivity contribution in [2.45, 2.75) is 44.7 Å². The third-order valence-corrected chi connectivity index (χ3v) is 2.19. The van der Waals surface area contributed by atoms with Gasteiger partial charge < -0.3 is 21.3 Å². The highest BCUT2D eigenvalue weighted by atomic mass is 16.4. The summed E-state index contributed by atoms with van der Waals surface area (Å²) in [5, 5.41) is 19.5. The van der Waals surface area contributed by atoms with Crippen LogP contribution in [0.1, 0.15) is 32.6 Å². The maximum atomic E-state index is 11.4. The largest absolute Gasteiger partial charge is 0.481 e. The Morgan fingerprint density at radius 1 is 1.29 bits per heavy atom. The molecule has 0 aliphatic carbocycles. The van der Waals surface area contributed by atoms with E-state index in [2.05, 4.69) is 5.32 Å². The molecule has 0 aliphatic heterocycles. The van der Waals surface area contributed by atoms with Gasteiger partial charge in [0.15, 0.2) is 0 Å². The van der Waals surface area contributed by atoms with Crippen LogP contribution in [0.25, 0.3) is 0 Å². The molecule has 0 aromatic heterocycles. The number of aliphatic carboxylic acids is 2. The quantitative estimate of drug-likeness (QED) is 0.459. The first kappa shape index (κ1) is 15.4. The smallest absolute Gasteiger partial charge is 0.326 e. The van der Waals surface area contributed by atoms with Crippen molar-refractivity contribution in [1.29, 1.82) is 0 Å². The summed E-state index contributed by atoms with van der Waals surface area (Å²) in [6.45, 7) is 1.90. The minimum atomic E-state index is -1.23. The second-order valence-electron chi connectivity index (χ2n) is 3.75. The number of amides is 1. The van der Waals surface area contributed by atoms with Crippen LogP contribution in [0.4, 0.5) is 0 Å². The Morgan fingerprint density at radius 2 is 1.88 bits per heavy atom. The van der Waals surface area contributed by atoms with Crippen LogP contribution in [0.2, 0.25) is 0 Å². The molecule has 1 amide bonds. The van der Waals surface area contributed by atoms with Gasteiger partial charge in [-0.05, 0) is 6.42 Å². The lowest BCUT2D eigenvalue weighted by Crippen LogP contribution is -2.49. The number of carbonyl (C=O) groups is 3. The zero-order valence-corrected chi connectivity index (χ0v) is 9.68. The molecule has 7 nitrogen and oxygen atoms in total. The molecule has 0 rings (SSSR count). The van der Waals surface area contributed by atoms with Gasteiger partial charge in [0.25, 0.3) is 0 Å². The summed E-state index contributed by atoms with van der Waals surface area (Å²) in [7, 11) is 0. The summed E-state index contributed by atoms with van der Waals surface area (Å²) in [5.74, 6) is -3.10. The molecule has 98 valence electrons. The normalized spacial score (nSPS) is 13.8. The van der Waals surface area contributed by atoms with Gasteiger partial charge in [-0.3, -0.25) is 9.59 Å². The van der Waals surface area contributed by atoms with E-state index in [4.69, 9.17) is 15.9 Å². The van der Waals surface area contributed by atoms with E-state index in [0.29, 0.717) is 12.8 Å². The van der Waals surface area contributed by atoms with Gasteiger partial charge in [0, 0.05) is 0 Å². The van der Waals surface area contributed by atoms with Gasteiger partial charge >= 0.3 is 11.9 Å². The van der Waals surface area contributed by atoms with E-state index in [1.54, 1.807) is 0 Å². The highest BCUT2D eigenvalue weighted by molar-refractivity contribution is 5.89. The maximum absolute atomic E-state index is 11.4. The van der Waals surface area contributed by atoms with Crippen LogP contribution in [0.3, 0.4) is 0 Å². The Hall–Kier alpha value is -1.63. The fourth-order valence-corrected chi connectivity index (χ4v) is 1.23. The molecule has 7 heteroatoms. The predicted molar refractivity (Wildman–Crippen MR) is 59.3 cm³/mol. The van der Waals surface area contributed by atoms with Crippen molar-refractivity contribution in [2.75, 3.05) is 0 Å². The number of carboxylic acids is 2. The third kappa shape index (κ3) is 6.52. The second kappa shape index (κ2) is 7.61. The van der Waals surface area contributed by atoms with Crippen molar-refractivity contribution >= 4 is 17.8 Å². The predicted octanol–water partition coefficient (Wildman–Crippen LogP) is -0.452. The lowest BCUT2D eigenvalue weighted by molar-refractivity contribution is -0.142. The average Bonchev–Trinajstić information content (AvgIpc) is 2.22. The van der Waals surface area contributed by atoms with Gasteiger partial charge in [-0.2, -0.15) is 0 Å². The minimum absolute atomic E-state index is 0.303. The molecule has 0 spiro atoms. The Balaban J connectivity index is 4.29. The molecule has 5 N–H and O–H groups in total. The number of nitrogens with two attached hydrogens (primary N) is 1. The van der Waals surface area contributed by atoms with Gasteiger partial charge in [-0.1, -0.05) is 19.8 Å². The van der Waals surface area contributed by atoms with Crippen molar-refractivity contribution in [2.24, 2.45) is 5.73 Å². The van der Waals surface area contributed by atoms with Crippen LogP contribution in [0.15, 0.2) is 0 Å². The molecule has 0 fully saturated rings. The van der Waals surface area contributed by atoms with E-state index in [9.17, 15) is 14.4 Å². The number of carboxylic acid groups (broad SMARTS) is 2. The van der Waals surface area contributed by atoms with Crippen LogP contribution < -0.4 is 11.1 Å². The van der Waals surface area contributed by atoms with Crippen LogP contribution >= 0.6 is 0 Å². The van der Waals surface area contributed by atoms with Crippen LogP contribution in [-0.2, 0) is 14.4 Å². The Morgan fingerprint density at radius 3 is 2.29 bits per heavy atom. The first-order valence-electron chi connectivity index (χ1n) is 5.39. The molecule has 0 unspecified atom stereocenters. The highest BCUT2D eigenvalue weighted by Crippen LogP contribution is 2.01. The fourth-order valence-electron chi connectivity index (χ4n) is 1.23. The first-order valence-corrected chi connectivity index (χ1v) is 5.39. The zero-order valence-electron chi connectivity index (χ0n) is 9.68. The van der Waals surface area contributed by atoms with E-state index >= 15 is 0 Å². The Bertz CT molecular complexity index is 292. The molecule has 0 saturated carbocycles. The van der Waals surface area contributed by atoms with E-state index in [-0.39, 0.29) is 0 Å². The summed E-state index contributed by atoms with van der Waals surface area (Å²) >= 11 is 0. The molecule has 0 aromatic rings. The standard InChI is InChI=1S/C10H18N2O5/c1-2-3-4-7(10(16)17)12-9(15)6(11)5-8(13)14/h6-7H,2-5,11H2,1H3,(H,12,15)(H,13,14)(H,16,17)/t6-,7-/m0/s1. The first-order chi connectivity index (χ1) is 7.88. The van der Waals surface area contributed by atoms with Gasteiger partial charge in [0.2, 0.25) is 5.91 Å². The molecule has 17 heavy (non-hydrogen) atoms. The molecule has 0 aliphatic rings. The van der Waals surface area contributed by atoms with Crippen LogP contribution in [0, 0.1) is 0 Å². The molecular formula is C10H18N2O5. The summed E-state index contributed by atoms with van der Waals surface area (Å²) in [6.07, 6.45) is 1.25. The molecule has 0 saturated heterocycles. The number of hydrogen-bond acceptors (Lipinski definition) is 4. The van der Waals surface area contributed by atoms with Crippen molar-refractivity contribution < 1.29 is 24.6 Å². The molecular weight excluding hydrogens is 228 g/mol. The molecule has 0 heterocycles. The molecule has 0 bridgehead atoms. The monoisotopic (exact) mass is 246 g/mol. The van der Waals surface area contributed by atoms with Crippen LogP contribution in [-0.4, -0.2) is 40.1 Å². The summed E-state index contributed by atoms with van der Waals surface area (Å²) in [5.41, 5.74) is 5.31. The summed E-state index contributed by atoms with van der Waals surface area (Å²) in [6, 6.07) is -2.24. The van der Waals surface area contributed by atoms with Gasteiger partial charge in [0.1, 0.15) is 6.04 Å². The van der Waals surface area contributed by atoms with Crippen molar-refractivity contribution in [3.63, 3.8) is 0 Å². The molecule has 2 atom stereocenters. The average molecular weight is 246 g/mol. The maximum Gasteiger partial charge on any atom is 0.326 e. The lowest BCUT2D eigenvalue weighted by Gasteiger charge is -2.16. The number of unbranched alkanes of at least 4 members (excludes halogenated alkanes) is 1. The topological polar surface area (TPSA) is 130 Å². The van der Waals surface area contributed by atoms with Gasteiger partial charge in [-0.15, -0.1) is 0 Å². The fraction of sp³-hybridized carbons (Fsp3) is 0.700. The second-order valence-corrected chi connectivity index (χ2v) is 3.75. The van der Waals surface area contributed by atoms with E-state index < -0.39 is 36.4 Å². The summed E-state index contributed by atoms with van der Waals surface area (Å²) < 4.78 is 0. The van der Waals surface area contributed by atoms with Gasteiger partial charge in [-0.25, -0.2) is 4.79 Å². The van der Waals surface area contributed by atoms with Crippen molar-refractivity contribution in [1.82, 2.24) is 5.32 Å². The zero-order chi connectivity index (χ0) is 13.4. The summed E-state index contributed by atoms with van der Waals surface area (Å²) in [4.78, 5) is 32.5. The third-order valence-electron chi connectivity index (χ3n) is 2.19. The van der Waals surface area contributed by atoms with Crippen molar-refractivity contribution in [3.8, 4) is 0 Å². The minimum Gasteiger partial charge on any atom is -0.481 e. The Labute approximate surface area is 99.0 Å².